The van der Waals surface area contributed by atoms with Gasteiger partial charge in [-0.3, -0.25) is 9.59 Å². The Morgan fingerprint density at radius 1 is 0.941 bits per heavy atom. The number of Topliss-reactive ketones (excluding diaryl/α,β-unsaturated/α-hetero) is 2. The first-order chi connectivity index (χ1) is 16.4. The fourth-order valence-corrected chi connectivity index (χ4v) is 4.94. The Labute approximate surface area is 208 Å². The van der Waals surface area contributed by atoms with Gasteiger partial charge in [0.05, 0.1) is 29.8 Å². The van der Waals surface area contributed by atoms with Crippen LogP contribution in [-0.4, -0.2) is 33.8 Å². The second-order valence-electron chi connectivity index (χ2n) is 8.74. The number of allylic oxidation sites excluding steroid dienone is 2. The Morgan fingerprint density at radius 3 is 2.06 bits per heavy atom. The van der Waals surface area contributed by atoms with Gasteiger partial charge in [0.2, 0.25) is 0 Å². The summed E-state index contributed by atoms with van der Waals surface area (Å²) >= 11 is 0. The molecule has 0 radical (unpaired) electrons. The van der Waals surface area contributed by atoms with E-state index in [4.69, 9.17) is 0 Å². The van der Waals surface area contributed by atoms with Crippen molar-refractivity contribution in [2.75, 3.05) is 0 Å². The molecule has 5 heteroatoms. The van der Waals surface area contributed by atoms with E-state index in [0.29, 0.717) is 12.2 Å². The summed E-state index contributed by atoms with van der Waals surface area (Å²) < 4.78 is 0. The van der Waals surface area contributed by atoms with Gasteiger partial charge in [0.15, 0.2) is 11.6 Å². The lowest BCUT2D eigenvalue weighted by atomic mass is 9.82. The van der Waals surface area contributed by atoms with Crippen molar-refractivity contribution < 1.29 is 14.7 Å². The van der Waals surface area contributed by atoms with E-state index in [1.165, 1.54) is 5.56 Å². The molecule has 3 aliphatic rings. The highest BCUT2D eigenvalue weighted by molar-refractivity contribution is 6.14. The number of nitrogens with one attached hydrogen (secondary N) is 1. The van der Waals surface area contributed by atoms with Crippen LogP contribution >= 0.6 is 0 Å². The van der Waals surface area contributed by atoms with Crippen LogP contribution in [0.25, 0.3) is 0 Å². The molecule has 0 amide bonds. The molecule has 1 aromatic carbocycles. The number of ketones is 2. The third kappa shape index (κ3) is 6.50. The van der Waals surface area contributed by atoms with Gasteiger partial charge in [0, 0.05) is 6.54 Å². The third-order valence-electron chi connectivity index (χ3n) is 6.77. The first kappa shape index (κ1) is 29.9. The molecule has 0 aromatic heterocycles. The van der Waals surface area contributed by atoms with E-state index in [0.717, 1.165) is 36.9 Å². The van der Waals surface area contributed by atoms with Crippen molar-refractivity contribution in [3.05, 3.63) is 46.8 Å². The predicted octanol–water partition coefficient (Wildman–Crippen LogP) is 5.99. The molecule has 1 aromatic rings. The van der Waals surface area contributed by atoms with Gasteiger partial charge in [0.1, 0.15) is 5.70 Å². The number of benzene rings is 1. The number of nitrogens with zero attached hydrogens (tertiary/aromatic N) is 1. The molecule has 0 bridgehead atoms. The molecule has 2 aliphatic carbocycles. The van der Waals surface area contributed by atoms with E-state index in [1.807, 2.05) is 48.5 Å². The second kappa shape index (κ2) is 14.3. The van der Waals surface area contributed by atoms with E-state index in [9.17, 15) is 14.7 Å². The average Bonchev–Trinajstić information content (AvgIpc) is 3.45. The lowest BCUT2D eigenvalue weighted by Gasteiger charge is -2.32. The maximum absolute atomic E-state index is 13.1. The maximum atomic E-state index is 13.1. The van der Waals surface area contributed by atoms with Gasteiger partial charge in [-0.2, -0.15) is 0 Å². The molecule has 1 fully saturated rings. The highest BCUT2D eigenvalue weighted by atomic mass is 16.3. The molecule has 0 spiro atoms. The number of aliphatic hydroxyl groups is 1. The summed E-state index contributed by atoms with van der Waals surface area (Å²) in [6, 6.07) is 8.37. The molecule has 4 rings (SSSR count). The quantitative estimate of drug-likeness (QED) is 0.527. The van der Waals surface area contributed by atoms with Crippen LogP contribution in [0.5, 0.6) is 0 Å². The average molecular weight is 473 g/mol. The lowest BCUT2D eigenvalue weighted by molar-refractivity contribution is -0.133. The van der Waals surface area contributed by atoms with Crippen LogP contribution < -0.4 is 5.32 Å². The Hall–Kier alpha value is -2.14. The topological polar surface area (TPSA) is 69.6 Å². The van der Waals surface area contributed by atoms with E-state index in [1.54, 1.807) is 6.92 Å². The fraction of sp³-hybridized carbons (Fsp3) is 0.655. The lowest BCUT2D eigenvalue weighted by Crippen LogP contribution is -2.41. The predicted molar refractivity (Wildman–Crippen MR) is 141 cm³/mol. The smallest absolute Gasteiger partial charge is 0.190 e. The van der Waals surface area contributed by atoms with Crippen LogP contribution in [0, 0.1) is 24.7 Å². The number of aryl methyl sites for hydroxylation is 1. The number of hydrogen-bond donors (Lipinski definition) is 2. The third-order valence-corrected chi connectivity index (χ3v) is 6.77. The summed E-state index contributed by atoms with van der Waals surface area (Å²) in [6.45, 7) is 18.3. The van der Waals surface area contributed by atoms with Gasteiger partial charge in [-0.25, -0.2) is 0 Å². The molecular weight excluding hydrogens is 424 g/mol. The van der Waals surface area contributed by atoms with Crippen molar-refractivity contribution in [2.24, 2.45) is 17.8 Å². The minimum Gasteiger partial charge on any atom is -0.393 e. The molecule has 192 valence electrons. The monoisotopic (exact) mass is 472 g/mol. The Kier molecular flexibility index (Phi) is 12.6. The number of rotatable bonds is 4. The zero-order chi connectivity index (χ0) is 26.0. The number of hydrogen-bond acceptors (Lipinski definition) is 5. The van der Waals surface area contributed by atoms with Crippen LogP contribution in [-0.2, 0) is 16.1 Å². The molecule has 5 atom stereocenters. The SMILES string of the molecule is CC.CC.CC.Cc1ccc(CN2C3=C(NC2C[C@@H]2CCCC2O)C(C)C(=O)C(C)C3=O)cc1. The highest BCUT2D eigenvalue weighted by Gasteiger charge is 2.47. The second-order valence-corrected chi connectivity index (χ2v) is 8.74. The van der Waals surface area contributed by atoms with E-state index in [-0.39, 0.29) is 35.7 Å². The normalized spacial score (nSPS) is 27.5. The molecule has 1 heterocycles. The molecule has 0 saturated heterocycles. The Morgan fingerprint density at radius 2 is 1.53 bits per heavy atom. The van der Waals surface area contributed by atoms with Gasteiger partial charge < -0.3 is 15.3 Å². The van der Waals surface area contributed by atoms with Crippen LogP contribution in [0.4, 0.5) is 0 Å². The van der Waals surface area contributed by atoms with E-state index < -0.39 is 5.92 Å². The standard InChI is InChI=1S/C23H30N2O3.3C2H6/c1-13-7-9-16(10-8-13)12-25-19(11-17-5-4-6-18(17)26)24-20-14(2)22(27)15(3)23(28)21(20)25;3*1-2/h7-10,14-15,17-19,24,26H,4-6,11-12H2,1-3H3;3*1-2H3/t14?,15?,17-,18?,19?;;;/m0.../s1. The van der Waals surface area contributed by atoms with Crippen LogP contribution in [0.1, 0.15) is 92.2 Å². The molecule has 5 nitrogen and oxygen atoms in total. The van der Waals surface area contributed by atoms with Crippen molar-refractivity contribution in [1.82, 2.24) is 10.2 Å². The van der Waals surface area contributed by atoms with Crippen LogP contribution in [0.2, 0.25) is 0 Å². The number of carbonyl (C=O) groups is 2. The Bertz CT molecular complexity index is 815. The van der Waals surface area contributed by atoms with Crippen molar-refractivity contribution in [3.63, 3.8) is 0 Å². The minimum absolute atomic E-state index is 0.00640. The van der Waals surface area contributed by atoms with Gasteiger partial charge in [-0.1, -0.05) is 77.8 Å². The van der Waals surface area contributed by atoms with Crippen molar-refractivity contribution in [1.29, 1.82) is 0 Å². The minimum atomic E-state index is -0.591. The summed E-state index contributed by atoms with van der Waals surface area (Å²) in [4.78, 5) is 27.7. The van der Waals surface area contributed by atoms with Gasteiger partial charge >= 0.3 is 0 Å². The first-order valence-corrected chi connectivity index (χ1v) is 13.5. The van der Waals surface area contributed by atoms with Gasteiger partial charge in [-0.15, -0.1) is 0 Å². The van der Waals surface area contributed by atoms with E-state index in [2.05, 4.69) is 41.4 Å². The van der Waals surface area contributed by atoms with Crippen molar-refractivity contribution in [2.45, 2.75) is 107 Å². The molecule has 4 unspecified atom stereocenters. The van der Waals surface area contributed by atoms with Gasteiger partial charge in [0.25, 0.3) is 0 Å². The summed E-state index contributed by atoms with van der Waals surface area (Å²) in [6.07, 6.45) is 3.37. The molecule has 1 saturated carbocycles. The maximum Gasteiger partial charge on any atom is 0.190 e. The largest absolute Gasteiger partial charge is 0.393 e. The summed E-state index contributed by atoms with van der Waals surface area (Å²) in [5.74, 6) is -0.730. The number of aliphatic hydroxyl groups excluding tert-OH is 1. The van der Waals surface area contributed by atoms with Crippen molar-refractivity contribution in [3.8, 4) is 0 Å². The van der Waals surface area contributed by atoms with E-state index >= 15 is 0 Å². The summed E-state index contributed by atoms with van der Waals surface area (Å²) in [5.41, 5.74) is 3.80. The molecular formula is C29H48N2O3. The van der Waals surface area contributed by atoms with Crippen molar-refractivity contribution >= 4 is 11.6 Å². The number of carbonyl (C=O) groups excluding carboxylic acids is 2. The molecule has 1 aliphatic heterocycles. The van der Waals surface area contributed by atoms with Crippen LogP contribution in [0.15, 0.2) is 35.7 Å². The molecule has 2 N–H and O–H groups in total. The van der Waals surface area contributed by atoms with Gasteiger partial charge in [-0.05, 0) is 51.5 Å². The zero-order valence-electron chi connectivity index (χ0n) is 22.9. The highest BCUT2D eigenvalue weighted by Crippen LogP contribution is 2.39. The summed E-state index contributed by atoms with van der Waals surface area (Å²) in [5, 5.41) is 13.8. The molecule has 34 heavy (non-hydrogen) atoms. The zero-order valence-corrected chi connectivity index (χ0v) is 22.9. The van der Waals surface area contributed by atoms with Crippen LogP contribution in [0.3, 0.4) is 0 Å². The summed E-state index contributed by atoms with van der Waals surface area (Å²) in [7, 11) is 0. The fourth-order valence-electron chi connectivity index (χ4n) is 4.94. The first-order valence-electron chi connectivity index (χ1n) is 13.5. The Balaban J connectivity index is 0.000000894.